The lowest BCUT2D eigenvalue weighted by Crippen LogP contribution is -2.29. The summed E-state index contributed by atoms with van der Waals surface area (Å²) in [6.07, 6.45) is -3.71. The van der Waals surface area contributed by atoms with Crippen molar-refractivity contribution in [3.8, 4) is 0 Å². The van der Waals surface area contributed by atoms with E-state index in [-0.39, 0.29) is 5.69 Å². The minimum absolute atomic E-state index is 0.0798. The van der Waals surface area contributed by atoms with Crippen LogP contribution in [0.3, 0.4) is 0 Å². The zero-order valence-corrected chi connectivity index (χ0v) is 10.6. The first-order valence-electron chi connectivity index (χ1n) is 5.88. The number of nitrogens with one attached hydrogen (secondary N) is 2. The normalized spacial score (nSPS) is 11.4. The van der Waals surface area contributed by atoms with Gasteiger partial charge in [0.1, 0.15) is 0 Å². The van der Waals surface area contributed by atoms with Gasteiger partial charge in [0.25, 0.3) is 0 Å². The Bertz CT molecular complexity index is 599. The van der Waals surface area contributed by atoms with Crippen LogP contribution in [0.15, 0.2) is 35.2 Å². The van der Waals surface area contributed by atoms with Crippen molar-refractivity contribution in [1.82, 2.24) is 15.5 Å². The molecule has 1 amide bonds. The highest BCUT2D eigenvalue weighted by Gasteiger charge is 2.38. The number of hydrogen-bond acceptors (Lipinski definition) is 5. The largest absolute Gasteiger partial charge is 0.471 e. The molecule has 0 atom stereocenters. The highest BCUT2D eigenvalue weighted by atomic mass is 19.4. The minimum Gasteiger partial charge on any atom is -0.343 e. The summed E-state index contributed by atoms with van der Waals surface area (Å²) in [4.78, 5) is 14.6. The first-order chi connectivity index (χ1) is 9.95. The van der Waals surface area contributed by atoms with E-state index in [1.165, 1.54) is 18.5 Å². The van der Waals surface area contributed by atoms with Gasteiger partial charge < -0.3 is 15.2 Å². The van der Waals surface area contributed by atoms with E-state index in [0.717, 1.165) is 0 Å². The van der Waals surface area contributed by atoms with Gasteiger partial charge in [-0.3, -0.25) is 4.79 Å². The molecule has 112 valence electrons. The van der Waals surface area contributed by atoms with Crippen molar-refractivity contribution in [2.24, 2.45) is 0 Å². The number of anilines is 1. The summed E-state index contributed by atoms with van der Waals surface area (Å²) in [5.74, 6) is -1.53. The number of halogens is 3. The van der Waals surface area contributed by atoms with E-state index < -0.39 is 12.1 Å². The van der Waals surface area contributed by atoms with Crippen LogP contribution in [0.5, 0.6) is 0 Å². The number of aromatic nitrogens is 2. The third-order valence-electron chi connectivity index (χ3n) is 2.46. The Labute approximate surface area is 117 Å². The van der Waals surface area contributed by atoms with Gasteiger partial charge in [-0.2, -0.15) is 18.2 Å². The van der Waals surface area contributed by atoms with E-state index in [1.54, 1.807) is 17.4 Å². The molecule has 2 N–H and O–H groups in total. The Morgan fingerprint density at radius 1 is 1.29 bits per heavy atom. The van der Waals surface area contributed by atoms with Gasteiger partial charge in [0.05, 0.1) is 6.54 Å². The van der Waals surface area contributed by atoms with Crippen molar-refractivity contribution >= 4 is 11.6 Å². The van der Waals surface area contributed by atoms with Crippen molar-refractivity contribution in [3.63, 3.8) is 0 Å². The molecule has 1 aromatic carbocycles. The van der Waals surface area contributed by atoms with Crippen LogP contribution in [0.25, 0.3) is 0 Å². The van der Waals surface area contributed by atoms with Gasteiger partial charge in [0, 0.05) is 12.2 Å². The van der Waals surface area contributed by atoms with Gasteiger partial charge in [0.15, 0.2) is 5.82 Å². The lowest BCUT2D eigenvalue weighted by Gasteiger charge is -2.09. The summed E-state index contributed by atoms with van der Waals surface area (Å²) in [5.41, 5.74) is 0.787. The zero-order valence-electron chi connectivity index (χ0n) is 10.6. The Morgan fingerprint density at radius 2 is 2.10 bits per heavy atom. The van der Waals surface area contributed by atoms with E-state index in [0.29, 0.717) is 24.5 Å². The summed E-state index contributed by atoms with van der Waals surface area (Å²) in [5, 5.41) is 8.39. The standard InChI is InChI=1S/C12H11F3N4O2/c13-12(14,15)11(20)18-9-3-1-2-8(4-9)5-16-6-10-17-7-21-19-10/h1-4,7,16H,5-6H2,(H,18,20). The third-order valence-corrected chi connectivity index (χ3v) is 2.46. The molecule has 0 aliphatic carbocycles. The molecule has 1 heterocycles. The molecular weight excluding hydrogens is 289 g/mol. The van der Waals surface area contributed by atoms with Crippen molar-refractivity contribution in [3.05, 3.63) is 42.0 Å². The fourth-order valence-corrected chi connectivity index (χ4v) is 1.55. The quantitative estimate of drug-likeness (QED) is 0.881. The zero-order chi connectivity index (χ0) is 15.3. The maximum absolute atomic E-state index is 12.1. The van der Waals surface area contributed by atoms with Gasteiger partial charge in [-0.15, -0.1) is 0 Å². The van der Waals surface area contributed by atoms with Crippen LogP contribution in [0.2, 0.25) is 0 Å². The van der Waals surface area contributed by atoms with Gasteiger partial charge in [-0.25, -0.2) is 0 Å². The molecule has 9 heteroatoms. The number of benzene rings is 1. The van der Waals surface area contributed by atoms with Gasteiger partial charge >= 0.3 is 12.1 Å². The van der Waals surface area contributed by atoms with E-state index in [9.17, 15) is 18.0 Å². The average molecular weight is 300 g/mol. The van der Waals surface area contributed by atoms with Crippen LogP contribution in [0.1, 0.15) is 11.4 Å². The second-order valence-corrected chi connectivity index (χ2v) is 4.10. The summed E-state index contributed by atoms with van der Waals surface area (Å²) < 4.78 is 41.0. The Morgan fingerprint density at radius 3 is 2.76 bits per heavy atom. The molecule has 1 aromatic heterocycles. The van der Waals surface area contributed by atoms with Crippen LogP contribution in [-0.4, -0.2) is 22.2 Å². The van der Waals surface area contributed by atoms with E-state index in [1.807, 2.05) is 0 Å². The van der Waals surface area contributed by atoms with Crippen LogP contribution in [0.4, 0.5) is 18.9 Å². The maximum Gasteiger partial charge on any atom is 0.471 e. The topological polar surface area (TPSA) is 80.0 Å². The number of amides is 1. The molecule has 0 spiro atoms. The molecule has 0 bridgehead atoms. The van der Waals surface area contributed by atoms with Crippen molar-refractivity contribution in [1.29, 1.82) is 0 Å². The SMILES string of the molecule is O=C(Nc1cccc(CNCc2ncon2)c1)C(F)(F)F. The molecule has 0 saturated heterocycles. The van der Waals surface area contributed by atoms with Crippen LogP contribution >= 0.6 is 0 Å². The van der Waals surface area contributed by atoms with Crippen LogP contribution in [-0.2, 0) is 17.9 Å². The number of alkyl halides is 3. The molecule has 0 unspecified atom stereocenters. The monoisotopic (exact) mass is 300 g/mol. The summed E-state index contributed by atoms with van der Waals surface area (Å²) >= 11 is 0. The fraction of sp³-hybridized carbons (Fsp3) is 0.250. The average Bonchev–Trinajstić information content (AvgIpc) is 2.91. The number of carbonyl (C=O) groups is 1. The Balaban J connectivity index is 1.90. The number of carbonyl (C=O) groups excluding carboxylic acids is 1. The van der Waals surface area contributed by atoms with Crippen molar-refractivity contribution in [2.75, 3.05) is 5.32 Å². The van der Waals surface area contributed by atoms with E-state index in [2.05, 4.69) is 20.0 Å². The van der Waals surface area contributed by atoms with Gasteiger partial charge in [-0.1, -0.05) is 17.3 Å². The molecule has 2 rings (SSSR count). The second kappa shape index (κ2) is 6.35. The molecular formula is C12H11F3N4O2. The smallest absolute Gasteiger partial charge is 0.343 e. The number of rotatable bonds is 5. The van der Waals surface area contributed by atoms with Crippen molar-refractivity contribution < 1.29 is 22.5 Å². The molecule has 0 fully saturated rings. The lowest BCUT2D eigenvalue weighted by molar-refractivity contribution is -0.167. The number of nitrogens with zero attached hydrogens (tertiary/aromatic N) is 2. The molecule has 0 aliphatic rings. The summed E-state index contributed by atoms with van der Waals surface area (Å²) in [6.45, 7) is 0.736. The molecule has 0 aliphatic heterocycles. The highest BCUT2D eigenvalue weighted by Crippen LogP contribution is 2.18. The molecule has 2 aromatic rings. The van der Waals surface area contributed by atoms with Crippen LogP contribution in [0, 0.1) is 0 Å². The predicted molar refractivity (Wildman–Crippen MR) is 66.0 cm³/mol. The van der Waals surface area contributed by atoms with Crippen molar-refractivity contribution in [2.45, 2.75) is 19.3 Å². The van der Waals surface area contributed by atoms with Gasteiger partial charge in [0.2, 0.25) is 6.39 Å². The molecule has 21 heavy (non-hydrogen) atoms. The van der Waals surface area contributed by atoms with E-state index in [4.69, 9.17) is 0 Å². The maximum atomic E-state index is 12.1. The molecule has 0 saturated carbocycles. The summed E-state index contributed by atoms with van der Waals surface area (Å²) in [7, 11) is 0. The molecule has 6 nitrogen and oxygen atoms in total. The van der Waals surface area contributed by atoms with Gasteiger partial charge in [-0.05, 0) is 17.7 Å². The minimum atomic E-state index is -4.91. The Kier molecular flexibility index (Phi) is 4.53. The fourth-order valence-electron chi connectivity index (χ4n) is 1.55. The first-order valence-corrected chi connectivity index (χ1v) is 5.88. The summed E-state index contributed by atoms with van der Waals surface area (Å²) in [6, 6.07) is 6.10. The highest BCUT2D eigenvalue weighted by molar-refractivity contribution is 5.94. The number of hydrogen-bond donors (Lipinski definition) is 2. The first kappa shape index (κ1) is 15.0. The second-order valence-electron chi connectivity index (χ2n) is 4.10. The lowest BCUT2D eigenvalue weighted by atomic mass is 10.2. The molecule has 0 radical (unpaired) electrons. The third kappa shape index (κ3) is 4.56. The Hall–Kier alpha value is -2.42. The predicted octanol–water partition coefficient (Wildman–Crippen LogP) is 1.86. The van der Waals surface area contributed by atoms with Crippen LogP contribution < -0.4 is 10.6 Å². The van der Waals surface area contributed by atoms with E-state index >= 15 is 0 Å².